The number of alkyl halides is 3. The number of nitrogens with zero attached hydrogens (tertiary/aromatic N) is 2. The van der Waals surface area contributed by atoms with Crippen LogP contribution >= 0.6 is 0 Å². The highest BCUT2D eigenvalue weighted by Gasteiger charge is 2.36. The summed E-state index contributed by atoms with van der Waals surface area (Å²) in [4.78, 5) is 26.4. The molecule has 0 spiro atoms. The number of hydrogen-bond acceptors (Lipinski definition) is 5. The molecule has 1 aromatic rings. The Labute approximate surface area is 192 Å². The zero-order chi connectivity index (χ0) is 25.1. The first kappa shape index (κ1) is 27.1. The maximum atomic E-state index is 13.0. The summed E-state index contributed by atoms with van der Waals surface area (Å²) < 4.78 is 70.9. The van der Waals surface area contributed by atoms with Crippen LogP contribution < -0.4 is 0 Å². The highest BCUT2D eigenvalue weighted by atomic mass is 32.2. The highest BCUT2D eigenvalue weighted by Crippen LogP contribution is 2.32. The molecule has 1 heterocycles. The van der Waals surface area contributed by atoms with Crippen molar-refractivity contribution in [1.29, 1.82) is 0 Å². The Kier molecular flexibility index (Phi) is 8.56. The summed E-state index contributed by atoms with van der Waals surface area (Å²) >= 11 is 0. The lowest BCUT2D eigenvalue weighted by Gasteiger charge is -2.34. The standard InChI is InChI=1S/C22H31F3N2O5S/c1-14(2)27(15(3)4)20(28)16(5)32-21(29)17-9-11-26(12-10-17)33(30,31)19-8-6-7-18(13-19)22(23,24)25/h6-8,13-17H,9-12H2,1-5H3/t16-/m1/s1. The Morgan fingerprint density at radius 3 is 2.09 bits per heavy atom. The normalized spacial score (nSPS) is 17.3. The second-order valence-electron chi connectivity index (χ2n) is 8.72. The number of esters is 1. The molecule has 186 valence electrons. The van der Waals surface area contributed by atoms with E-state index in [0.717, 1.165) is 22.5 Å². The molecule has 11 heteroatoms. The van der Waals surface area contributed by atoms with E-state index in [-0.39, 0.29) is 43.9 Å². The molecule has 33 heavy (non-hydrogen) atoms. The molecule has 0 aliphatic carbocycles. The van der Waals surface area contributed by atoms with Gasteiger partial charge in [0.15, 0.2) is 6.10 Å². The third kappa shape index (κ3) is 6.47. The van der Waals surface area contributed by atoms with Crippen molar-refractivity contribution in [2.75, 3.05) is 13.1 Å². The molecule has 1 amide bonds. The fourth-order valence-electron chi connectivity index (χ4n) is 3.95. The SMILES string of the molecule is CC(C)N(C(=O)[C@@H](C)OC(=O)C1CCN(S(=O)(=O)c2cccc(C(F)(F)F)c2)CC1)C(C)C. The van der Waals surface area contributed by atoms with Crippen molar-refractivity contribution >= 4 is 21.9 Å². The molecule has 1 atom stereocenters. The van der Waals surface area contributed by atoms with Gasteiger partial charge in [0.25, 0.3) is 5.91 Å². The third-order valence-corrected chi connectivity index (χ3v) is 7.49. The van der Waals surface area contributed by atoms with E-state index < -0.39 is 44.6 Å². The van der Waals surface area contributed by atoms with Crippen molar-refractivity contribution in [1.82, 2.24) is 9.21 Å². The van der Waals surface area contributed by atoms with Crippen LogP contribution in [0.2, 0.25) is 0 Å². The Morgan fingerprint density at radius 2 is 1.61 bits per heavy atom. The van der Waals surface area contributed by atoms with Gasteiger partial charge in [0.2, 0.25) is 10.0 Å². The zero-order valence-electron chi connectivity index (χ0n) is 19.4. The number of sulfonamides is 1. The molecule has 2 rings (SSSR count). The van der Waals surface area contributed by atoms with Gasteiger partial charge in [0, 0.05) is 25.2 Å². The minimum absolute atomic E-state index is 0.0369. The summed E-state index contributed by atoms with van der Waals surface area (Å²) in [6.07, 6.45) is -5.34. The van der Waals surface area contributed by atoms with Crippen molar-refractivity contribution < 1.29 is 35.9 Å². The lowest BCUT2D eigenvalue weighted by Crippen LogP contribution is -2.48. The van der Waals surface area contributed by atoms with Gasteiger partial charge in [0.05, 0.1) is 16.4 Å². The maximum Gasteiger partial charge on any atom is 0.416 e. The monoisotopic (exact) mass is 492 g/mol. The summed E-state index contributed by atoms with van der Waals surface area (Å²) in [5.74, 6) is -1.49. The molecule has 1 aliphatic rings. The molecule has 0 radical (unpaired) electrons. The van der Waals surface area contributed by atoms with Gasteiger partial charge in [-0.05, 0) is 65.7 Å². The van der Waals surface area contributed by atoms with Crippen molar-refractivity contribution in [3.63, 3.8) is 0 Å². The Morgan fingerprint density at radius 1 is 1.06 bits per heavy atom. The fourth-order valence-corrected chi connectivity index (χ4v) is 5.47. The van der Waals surface area contributed by atoms with Gasteiger partial charge in [-0.3, -0.25) is 9.59 Å². The van der Waals surface area contributed by atoms with E-state index in [2.05, 4.69) is 0 Å². The van der Waals surface area contributed by atoms with Gasteiger partial charge in [0.1, 0.15) is 0 Å². The van der Waals surface area contributed by atoms with Gasteiger partial charge < -0.3 is 9.64 Å². The van der Waals surface area contributed by atoms with Crippen LogP contribution in [-0.4, -0.2) is 60.8 Å². The van der Waals surface area contributed by atoms with Crippen LogP contribution in [-0.2, 0) is 30.5 Å². The van der Waals surface area contributed by atoms with Crippen LogP contribution in [0.3, 0.4) is 0 Å². The van der Waals surface area contributed by atoms with E-state index >= 15 is 0 Å². The summed E-state index contributed by atoms with van der Waals surface area (Å²) in [5.41, 5.74) is -1.04. The number of rotatable bonds is 7. The number of piperidine rings is 1. The van der Waals surface area contributed by atoms with Gasteiger partial charge in [-0.25, -0.2) is 8.42 Å². The van der Waals surface area contributed by atoms with Crippen LogP contribution in [0.25, 0.3) is 0 Å². The first-order valence-electron chi connectivity index (χ1n) is 10.9. The maximum absolute atomic E-state index is 13.0. The number of carbonyl (C=O) groups is 2. The summed E-state index contributed by atoms with van der Waals surface area (Å²) in [6.45, 7) is 8.90. The van der Waals surface area contributed by atoms with Crippen LogP contribution in [0.15, 0.2) is 29.2 Å². The number of ether oxygens (including phenoxy) is 1. The molecule has 1 fully saturated rings. The second-order valence-corrected chi connectivity index (χ2v) is 10.7. The molecule has 0 saturated carbocycles. The van der Waals surface area contributed by atoms with Crippen LogP contribution in [0, 0.1) is 5.92 Å². The third-order valence-electron chi connectivity index (χ3n) is 5.59. The molecule has 0 bridgehead atoms. The molecule has 0 aromatic heterocycles. The summed E-state index contributed by atoms with van der Waals surface area (Å²) in [5, 5.41) is 0. The average Bonchev–Trinajstić information content (AvgIpc) is 2.72. The molecular formula is C22H31F3N2O5S. The molecule has 0 N–H and O–H groups in total. The Hall–Kier alpha value is -2.14. The number of hydrogen-bond donors (Lipinski definition) is 0. The fraction of sp³-hybridized carbons (Fsp3) is 0.636. The number of carbonyl (C=O) groups excluding carboxylic acids is 2. The quantitative estimate of drug-likeness (QED) is 0.542. The van der Waals surface area contributed by atoms with E-state index in [1.54, 1.807) is 4.90 Å². The number of amides is 1. The summed E-state index contributed by atoms with van der Waals surface area (Å²) in [6, 6.07) is 3.45. The van der Waals surface area contributed by atoms with Crippen molar-refractivity contribution in [2.24, 2.45) is 5.92 Å². The second kappa shape index (κ2) is 10.4. The predicted octanol–water partition coefficient (Wildman–Crippen LogP) is 3.68. The zero-order valence-corrected chi connectivity index (χ0v) is 20.2. The van der Waals surface area contributed by atoms with E-state index in [4.69, 9.17) is 4.74 Å². The minimum atomic E-state index is -4.66. The summed E-state index contributed by atoms with van der Waals surface area (Å²) in [7, 11) is -4.14. The minimum Gasteiger partial charge on any atom is -0.452 e. The van der Waals surface area contributed by atoms with Gasteiger partial charge in [-0.1, -0.05) is 6.07 Å². The van der Waals surface area contributed by atoms with E-state index in [1.165, 1.54) is 6.92 Å². The van der Waals surface area contributed by atoms with Gasteiger partial charge >= 0.3 is 12.1 Å². The van der Waals surface area contributed by atoms with Crippen molar-refractivity contribution in [3.8, 4) is 0 Å². The topological polar surface area (TPSA) is 84.0 Å². The molecule has 1 aliphatic heterocycles. The average molecular weight is 493 g/mol. The van der Waals surface area contributed by atoms with E-state index in [1.807, 2.05) is 27.7 Å². The smallest absolute Gasteiger partial charge is 0.416 e. The van der Waals surface area contributed by atoms with Gasteiger partial charge in [-0.2, -0.15) is 17.5 Å². The van der Waals surface area contributed by atoms with Gasteiger partial charge in [-0.15, -0.1) is 0 Å². The molecular weight excluding hydrogens is 461 g/mol. The lowest BCUT2D eigenvalue weighted by molar-refractivity contribution is -0.165. The molecule has 0 unspecified atom stereocenters. The van der Waals surface area contributed by atoms with Crippen LogP contribution in [0.1, 0.15) is 53.0 Å². The molecule has 1 saturated heterocycles. The first-order valence-corrected chi connectivity index (χ1v) is 12.3. The highest BCUT2D eigenvalue weighted by molar-refractivity contribution is 7.89. The first-order chi connectivity index (χ1) is 15.2. The number of halogens is 3. The van der Waals surface area contributed by atoms with Crippen molar-refractivity contribution in [3.05, 3.63) is 29.8 Å². The molecule has 1 aromatic carbocycles. The number of benzene rings is 1. The Balaban J connectivity index is 2.01. The van der Waals surface area contributed by atoms with Crippen LogP contribution in [0.4, 0.5) is 13.2 Å². The predicted molar refractivity (Wildman–Crippen MR) is 116 cm³/mol. The van der Waals surface area contributed by atoms with Crippen LogP contribution in [0.5, 0.6) is 0 Å². The largest absolute Gasteiger partial charge is 0.452 e. The molecule has 7 nitrogen and oxygen atoms in total. The van der Waals surface area contributed by atoms with E-state index in [9.17, 15) is 31.2 Å². The van der Waals surface area contributed by atoms with Crippen molar-refractivity contribution in [2.45, 2.75) is 76.7 Å². The lowest BCUT2D eigenvalue weighted by atomic mass is 9.98. The Bertz CT molecular complexity index is 947. The van der Waals surface area contributed by atoms with E-state index in [0.29, 0.717) is 6.07 Å².